The number of amides is 2. The number of imide groups is 1. The van der Waals surface area contributed by atoms with Crippen LogP contribution in [0.15, 0.2) is 54.2 Å². The van der Waals surface area contributed by atoms with Crippen LogP contribution in [0.3, 0.4) is 0 Å². The first kappa shape index (κ1) is 18.8. The molecule has 4 rings (SSSR count). The molecule has 2 aromatic rings. The summed E-state index contributed by atoms with van der Waals surface area (Å²) in [5, 5.41) is 0.569. The Balaban J connectivity index is 1.82. The third-order valence-electron chi connectivity index (χ3n) is 5.46. The SMILES string of the molecule is Cc1ccc(C2=C(N3CCCC(C)C3)C(=O)N(c3ccc(Cl)cc3)C2=O)cc1. The second-order valence-electron chi connectivity index (χ2n) is 7.71. The van der Waals surface area contributed by atoms with Crippen molar-refractivity contribution in [1.82, 2.24) is 4.90 Å². The molecule has 0 aromatic heterocycles. The van der Waals surface area contributed by atoms with Crippen LogP contribution < -0.4 is 4.90 Å². The fourth-order valence-corrected chi connectivity index (χ4v) is 4.14. The molecule has 1 unspecified atom stereocenters. The highest BCUT2D eigenvalue weighted by Gasteiger charge is 2.43. The number of anilines is 1. The van der Waals surface area contributed by atoms with Crippen molar-refractivity contribution in [2.24, 2.45) is 5.92 Å². The van der Waals surface area contributed by atoms with Gasteiger partial charge in [-0.2, -0.15) is 0 Å². The maximum absolute atomic E-state index is 13.4. The lowest BCUT2D eigenvalue weighted by molar-refractivity contribution is -0.120. The van der Waals surface area contributed by atoms with Crippen molar-refractivity contribution in [3.63, 3.8) is 0 Å². The van der Waals surface area contributed by atoms with Crippen molar-refractivity contribution in [2.45, 2.75) is 26.7 Å². The highest BCUT2D eigenvalue weighted by molar-refractivity contribution is 6.45. The van der Waals surface area contributed by atoms with Gasteiger partial charge in [-0.05, 0) is 55.5 Å². The van der Waals surface area contributed by atoms with Gasteiger partial charge in [0.25, 0.3) is 11.8 Å². The predicted octanol–water partition coefficient (Wildman–Crippen LogP) is 4.66. The molecule has 2 heterocycles. The van der Waals surface area contributed by atoms with Crippen LogP contribution in [0.25, 0.3) is 5.57 Å². The first-order valence-electron chi connectivity index (χ1n) is 9.66. The summed E-state index contributed by atoms with van der Waals surface area (Å²) >= 11 is 5.99. The Morgan fingerprint density at radius 3 is 2.29 bits per heavy atom. The largest absolute Gasteiger partial charge is 0.366 e. The van der Waals surface area contributed by atoms with Gasteiger partial charge in [-0.25, -0.2) is 4.90 Å². The van der Waals surface area contributed by atoms with E-state index in [0.29, 0.717) is 27.9 Å². The summed E-state index contributed by atoms with van der Waals surface area (Å²) in [4.78, 5) is 30.2. The molecule has 5 heteroatoms. The zero-order chi connectivity index (χ0) is 19.8. The highest BCUT2D eigenvalue weighted by Crippen LogP contribution is 2.36. The smallest absolute Gasteiger partial charge is 0.282 e. The number of halogens is 1. The van der Waals surface area contributed by atoms with Gasteiger partial charge < -0.3 is 4.90 Å². The third-order valence-corrected chi connectivity index (χ3v) is 5.71. The van der Waals surface area contributed by atoms with E-state index in [-0.39, 0.29) is 11.8 Å². The molecule has 2 amide bonds. The average Bonchev–Trinajstić information content (AvgIpc) is 2.94. The Kier molecular flexibility index (Phi) is 4.98. The van der Waals surface area contributed by atoms with Gasteiger partial charge in [0.1, 0.15) is 5.70 Å². The molecule has 28 heavy (non-hydrogen) atoms. The van der Waals surface area contributed by atoms with Crippen LogP contribution in [0, 0.1) is 12.8 Å². The number of benzene rings is 2. The zero-order valence-corrected chi connectivity index (χ0v) is 16.9. The van der Waals surface area contributed by atoms with Gasteiger partial charge in [0.05, 0.1) is 11.3 Å². The molecule has 1 saturated heterocycles. The van der Waals surface area contributed by atoms with Crippen molar-refractivity contribution in [3.8, 4) is 0 Å². The first-order chi connectivity index (χ1) is 13.5. The first-order valence-corrected chi connectivity index (χ1v) is 10.0. The minimum absolute atomic E-state index is 0.253. The molecular weight excluding hydrogens is 372 g/mol. The lowest BCUT2D eigenvalue weighted by Crippen LogP contribution is -2.39. The number of carbonyl (C=O) groups excluding carboxylic acids is 2. The van der Waals surface area contributed by atoms with Crippen molar-refractivity contribution >= 4 is 34.7 Å². The quantitative estimate of drug-likeness (QED) is 0.710. The van der Waals surface area contributed by atoms with Gasteiger partial charge in [0.2, 0.25) is 0 Å². The summed E-state index contributed by atoms with van der Waals surface area (Å²) in [5.74, 6) is -0.0330. The molecule has 2 aliphatic heterocycles. The minimum Gasteiger partial charge on any atom is -0.366 e. The maximum Gasteiger partial charge on any atom is 0.282 e. The Morgan fingerprint density at radius 1 is 0.964 bits per heavy atom. The van der Waals surface area contributed by atoms with E-state index < -0.39 is 0 Å². The van der Waals surface area contributed by atoms with Gasteiger partial charge in [0, 0.05) is 18.1 Å². The van der Waals surface area contributed by atoms with Crippen molar-refractivity contribution < 1.29 is 9.59 Å². The Bertz CT molecular complexity index is 948. The molecule has 144 valence electrons. The number of carbonyl (C=O) groups is 2. The van der Waals surface area contributed by atoms with Crippen LogP contribution in [0.2, 0.25) is 5.02 Å². The summed E-state index contributed by atoms with van der Waals surface area (Å²) in [6.07, 6.45) is 2.17. The third kappa shape index (κ3) is 3.33. The number of piperidine rings is 1. The Hall–Kier alpha value is -2.59. The van der Waals surface area contributed by atoms with Crippen LogP contribution in [0.4, 0.5) is 5.69 Å². The highest BCUT2D eigenvalue weighted by atomic mass is 35.5. The second-order valence-corrected chi connectivity index (χ2v) is 8.14. The molecule has 0 bridgehead atoms. The van der Waals surface area contributed by atoms with E-state index in [1.807, 2.05) is 31.2 Å². The fraction of sp³-hybridized carbons (Fsp3) is 0.304. The monoisotopic (exact) mass is 394 g/mol. The standard InChI is InChI=1S/C23H23ClN2O2/c1-15-5-7-17(8-6-15)20-21(25-13-3-4-16(2)14-25)23(28)26(22(20)27)19-11-9-18(24)10-12-19/h5-12,16H,3-4,13-14H2,1-2H3. The van der Waals surface area contributed by atoms with E-state index >= 15 is 0 Å². The van der Waals surface area contributed by atoms with E-state index in [2.05, 4.69) is 11.8 Å². The summed E-state index contributed by atoms with van der Waals surface area (Å²) in [6.45, 7) is 5.78. The molecule has 0 aliphatic carbocycles. The van der Waals surface area contributed by atoms with Gasteiger partial charge >= 0.3 is 0 Å². The van der Waals surface area contributed by atoms with E-state index in [4.69, 9.17) is 11.6 Å². The van der Waals surface area contributed by atoms with E-state index in [1.54, 1.807) is 24.3 Å². The van der Waals surface area contributed by atoms with Crippen LogP contribution >= 0.6 is 11.6 Å². The average molecular weight is 395 g/mol. The fourth-order valence-electron chi connectivity index (χ4n) is 4.01. The zero-order valence-electron chi connectivity index (χ0n) is 16.1. The van der Waals surface area contributed by atoms with Gasteiger partial charge in [0.15, 0.2) is 0 Å². The van der Waals surface area contributed by atoms with E-state index in [9.17, 15) is 9.59 Å². The molecule has 0 radical (unpaired) electrons. The lowest BCUT2D eigenvalue weighted by atomic mass is 9.97. The molecule has 1 fully saturated rings. The van der Waals surface area contributed by atoms with E-state index in [1.165, 1.54) is 4.90 Å². The molecule has 1 atom stereocenters. The van der Waals surface area contributed by atoms with Gasteiger partial charge in [-0.3, -0.25) is 9.59 Å². The van der Waals surface area contributed by atoms with Gasteiger partial charge in [-0.15, -0.1) is 0 Å². The maximum atomic E-state index is 13.4. The van der Waals surface area contributed by atoms with Crippen molar-refractivity contribution in [3.05, 3.63) is 70.4 Å². The number of hydrogen-bond donors (Lipinski definition) is 0. The lowest BCUT2D eigenvalue weighted by Gasteiger charge is -2.33. The molecule has 0 saturated carbocycles. The number of nitrogens with zero attached hydrogens (tertiary/aromatic N) is 2. The summed E-state index contributed by atoms with van der Waals surface area (Å²) in [7, 11) is 0. The predicted molar refractivity (Wildman–Crippen MR) is 112 cm³/mol. The summed E-state index contributed by atoms with van der Waals surface area (Å²) in [6, 6.07) is 14.6. The van der Waals surface area contributed by atoms with Crippen molar-refractivity contribution in [2.75, 3.05) is 18.0 Å². The normalized spacial score (nSPS) is 20.3. The summed E-state index contributed by atoms with van der Waals surface area (Å²) in [5.41, 5.74) is 3.46. The van der Waals surface area contributed by atoms with Crippen molar-refractivity contribution in [1.29, 1.82) is 0 Å². The molecule has 4 nitrogen and oxygen atoms in total. The molecule has 0 spiro atoms. The molecule has 2 aliphatic rings. The molecule has 0 N–H and O–H groups in total. The number of hydrogen-bond acceptors (Lipinski definition) is 3. The van der Waals surface area contributed by atoms with Crippen LogP contribution in [-0.4, -0.2) is 29.8 Å². The molecule has 2 aromatic carbocycles. The van der Waals surface area contributed by atoms with Crippen LogP contribution in [-0.2, 0) is 9.59 Å². The van der Waals surface area contributed by atoms with Crippen LogP contribution in [0.5, 0.6) is 0 Å². The van der Waals surface area contributed by atoms with Gasteiger partial charge in [-0.1, -0.05) is 48.4 Å². The van der Waals surface area contributed by atoms with Crippen LogP contribution in [0.1, 0.15) is 30.9 Å². The number of rotatable bonds is 3. The Morgan fingerprint density at radius 2 is 1.64 bits per heavy atom. The summed E-state index contributed by atoms with van der Waals surface area (Å²) < 4.78 is 0. The van der Waals surface area contributed by atoms with E-state index in [0.717, 1.165) is 37.1 Å². The molecular formula is C23H23ClN2O2. The number of likely N-dealkylation sites (tertiary alicyclic amines) is 1. The number of aryl methyl sites for hydroxylation is 1. The Labute approximate surface area is 170 Å². The topological polar surface area (TPSA) is 40.6 Å². The minimum atomic E-state index is -0.274. The second kappa shape index (κ2) is 7.44.